The van der Waals surface area contributed by atoms with Crippen LogP contribution in [-0.2, 0) is 25.7 Å². The number of piperazine rings is 1. The first-order valence-electron chi connectivity index (χ1n) is 9.71. The molecule has 0 spiro atoms. The van der Waals surface area contributed by atoms with Gasteiger partial charge in [0.2, 0.25) is 5.91 Å². The fraction of sp³-hybridized carbons (Fsp3) is 0.550. The van der Waals surface area contributed by atoms with Gasteiger partial charge in [-0.05, 0) is 5.56 Å². The SMILES string of the molecule is CN(C(=O)OCc1ccccc1)C(CC(=O)O)C(=O)N1CCN(C2COC2)CC1. The molecule has 1 atom stereocenters. The number of likely N-dealkylation sites (N-methyl/N-ethyl adjacent to an activating group) is 1. The molecule has 2 aliphatic rings. The lowest BCUT2D eigenvalue weighted by Gasteiger charge is -2.43. The van der Waals surface area contributed by atoms with E-state index in [1.54, 1.807) is 4.90 Å². The molecule has 158 valence electrons. The fourth-order valence-corrected chi connectivity index (χ4v) is 3.46. The third-order valence-electron chi connectivity index (χ3n) is 5.38. The summed E-state index contributed by atoms with van der Waals surface area (Å²) in [6, 6.07) is 8.46. The van der Waals surface area contributed by atoms with Crippen LogP contribution in [0.25, 0.3) is 0 Å². The predicted octanol–water partition coefficient (Wildman–Crippen LogP) is 0.641. The van der Waals surface area contributed by atoms with Gasteiger partial charge in [-0.15, -0.1) is 0 Å². The number of carboxylic acids is 1. The van der Waals surface area contributed by atoms with Gasteiger partial charge in [0, 0.05) is 33.2 Å². The number of amides is 2. The number of ether oxygens (including phenoxy) is 2. The molecule has 1 aromatic rings. The largest absolute Gasteiger partial charge is 0.481 e. The maximum atomic E-state index is 13.0. The van der Waals surface area contributed by atoms with Crippen molar-refractivity contribution in [1.82, 2.24) is 14.7 Å². The van der Waals surface area contributed by atoms with Crippen molar-refractivity contribution in [1.29, 1.82) is 0 Å². The minimum Gasteiger partial charge on any atom is -0.481 e. The molecule has 0 saturated carbocycles. The number of carbonyl (C=O) groups is 3. The van der Waals surface area contributed by atoms with E-state index in [2.05, 4.69) is 4.90 Å². The highest BCUT2D eigenvalue weighted by Gasteiger charge is 2.36. The second-order valence-electron chi connectivity index (χ2n) is 7.32. The van der Waals surface area contributed by atoms with E-state index < -0.39 is 24.5 Å². The van der Waals surface area contributed by atoms with Gasteiger partial charge < -0.3 is 19.5 Å². The molecule has 2 aliphatic heterocycles. The van der Waals surface area contributed by atoms with E-state index in [1.807, 2.05) is 30.3 Å². The Balaban J connectivity index is 1.57. The molecular formula is C20H27N3O6. The maximum absolute atomic E-state index is 13.0. The third kappa shape index (κ3) is 5.45. The Morgan fingerprint density at radius 2 is 1.83 bits per heavy atom. The lowest BCUT2D eigenvalue weighted by Crippen LogP contribution is -2.60. The van der Waals surface area contributed by atoms with Crippen LogP contribution in [-0.4, -0.2) is 96.3 Å². The third-order valence-corrected chi connectivity index (χ3v) is 5.38. The molecule has 0 aliphatic carbocycles. The van der Waals surface area contributed by atoms with Crippen molar-refractivity contribution >= 4 is 18.0 Å². The summed E-state index contributed by atoms with van der Waals surface area (Å²) in [6.07, 6.45) is -1.19. The van der Waals surface area contributed by atoms with E-state index in [0.717, 1.165) is 10.5 Å². The molecule has 1 aromatic carbocycles. The molecule has 0 radical (unpaired) electrons. The fourth-order valence-electron chi connectivity index (χ4n) is 3.46. The number of nitrogens with zero attached hydrogens (tertiary/aromatic N) is 3. The van der Waals surface area contributed by atoms with Crippen LogP contribution in [0.15, 0.2) is 30.3 Å². The van der Waals surface area contributed by atoms with Gasteiger partial charge in [0.05, 0.1) is 25.7 Å². The van der Waals surface area contributed by atoms with Crippen molar-refractivity contribution in [2.45, 2.75) is 25.1 Å². The van der Waals surface area contributed by atoms with Gasteiger partial charge in [-0.25, -0.2) is 4.79 Å². The Morgan fingerprint density at radius 1 is 1.17 bits per heavy atom. The summed E-state index contributed by atoms with van der Waals surface area (Å²) >= 11 is 0. The molecule has 1 N–H and O–H groups in total. The highest BCUT2D eigenvalue weighted by Crippen LogP contribution is 2.16. The summed E-state index contributed by atoms with van der Waals surface area (Å²) < 4.78 is 10.5. The first-order chi connectivity index (χ1) is 14.0. The number of carbonyl (C=O) groups excluding carboxylic acids is 2. The second kappa shape index (κ2) is 9.71. The van der Waals surface area contributed by atoms with E-state index in [1.165, 1.54) is 7.05 Å². The van der Waals surface area contributed by atoms with Crippen molar-refractivity contribution in [2.24, 2.45) is 0 Å². The van der Waals surface area contributed by atoms with Crippen LogP contribution in [0.4, 0.5) is 4.79 Å². The highest BCUT2D eigenvalue weighted by molar-refractivity contribution is 5.89. The lowest BCUT2D eigenvalue weighted by molar-refractivity contribution is -0.147. The van der Waals surface area contributed by atoms with Crippen LogP contribution in [0.2, 0.25) is 0 Å². The first-order valence-corrected chi connectivity index (χ1v) is 9.71. The molecule has 9 nitrogen and oxygen atoms in total. The van der Waals surface area contributed by atoms with Crippen molar-refractivity contribution in [3.63, 3.8) is 0 Å². The molecular weight excluding hydrogens is 378 g/mol. The van der Waals surface area contributed by atoms with E-state index in [4.69, 9.17) is 9.47 Å². The van der Waals surface area contributed by atoms with Crippen molar-refractivity contribution in [3.8, 4) is 0 Å². The van der Waals surface area contributed by atoms with E-state index in [9.17, 15) is 19.5 Å². The summed E-state index contributed by atoms with van der Waals surface area (Å²) in [6.45, 7) is 3.90. The molecule has 1 unspecified atom stereocenters. The molecule has 2 amide bonds. The van der Waals surface area contributed by atoms with E-state index >= 15 is 0 Å². The topological polar surface area (TPSA) is 99.6 Å². The number of carboxylic acid groups (broad SMARTS) is 1. The van der Waals surface area contributed by atoms with Gasteiger partial charge in [-0.3, -0.25) is 19.4 Å². The quantitative estimate of drug-likeness (QED) is 0.711. The average Bonchev–Trinajstić information content (AvgIpc) is 2.69. The van der Waals surface area contributed by atoms with Crippen LogP contribution in [0.5, 0.6) is 0 Å². The zero-order valence-electron chi connectivity index (χ0n) is 16.5. The monoisotopic (exact) mass is 405 g/mol. The molecule has 3 rings (SSSR count). The normalized spacial score (nSPS) is 18.6. The Labute approximate surface area is 169 Å². The smallest absolute Gasteiger partial charge is 0.410 e. The number of benzene rings is 1. The minimum atomic E-state index is -1.14. The number of aliphatic carboxylic acids is 1. The van der Waals surface area contributed by atoms with Crippen LogP contribution in [0.1, 0.15) is 12.0 Å². The number of hydrogen-bond donors (Lipinski definition) is 1. The molecule has 0 aromatic heterocycles. The van der Waals surface area contributed by atoms with Crippen LogP contribution in [0, 0.1) is 0 Å². The van der Waals surface area contributed by atoms with Crippen molar-refractivity contribution < 1.29 is 29.0 Å². The molecule has 9 heteroatoms. The Kier molecular flexibility index (Phi) is 7.05. The van der Waals surface area contributed by atoms with Gasteiger partial charge in [0.1, 0.15) is 12.6 Å². The van der Waals surface area contributed by atoms with Crippen LogP contribution in [0.3, 0.4) is 0 Å². The number of rotatable bonds is 7. The van der Waals surface area contributed by atoms with Gasteiger partial charge in [0.25, 0.3) is 0 Å². The summed E-state index contributed by atoms with van der Waals surface area (Å²) in [4.78, 5) is 41.7. The summed E-state index contributed by atoms with van der Waals surface area (Å²) in [7, 11) is 1.40. The molecule has 2 heterocycles. The van der Waals surface area contributed by atoms with Gasteiger partial charge in [-0.2, -0.15) is 0 Å². The molecule has 0 bridgehead atoms. The summed E-state index contributed by atoms with van der Waals surface area (Å²) in [5.74, 6) is -1.51. The van der Waals surface area contributed by atoms with Crippen molar-refractivity contribution in [2.75, 3.05) is 46.4 Å². The van der Waals surface area contributed by atoms with Gasteiger partial charge in [-0.1, -0.05) is 30.3 Å². The molecule has 2 fully saturated rings. The Hall–Kier alpha value is -2.65. The Bertz CT molecular complexity index is 716. The summed E-state index contributed by atoms with van der Waals surface area (Å²) in [5, 5.41) is 9.25. The maximum Gasteiger partial charge on any atom is 0.410 e. The molecule has 29 heavy (non-hydrogen) atoms. The number of hydrogen-bond acceptors (Lipinski definition) is 6. The molecule has 2 saturated heterocycles. The predicted molar refractivity (Wildman–Crippen MR) is 103 cm³/mol. The lowest BCUT2D eigenvalue weighted by atomic mass is 10.1. The van der Waals surface area contributed by atoms with E-state index in [-0.39, 0.29) is 12.5 Å². The van der Waals surface area contributed by atoms with E-state index in [0.29, 0.717) is 45.4 Å². The zero-order chi connectivity index (χ0) is 20.8. The standard InChI is InChI=1S/C20H27N3O6/c1-21(20(27)29-12-15-5-3-2-4-6-15)17(11-18(24)25)19(26)23-9-7-22(8-10-23)16-13-28-14-16/h2-6,16-17H,7-14H2,1H3,(H,24,25). The minimum absolute atomic E-state index is 0.0557. The van der Waals surface area contributed by atoms with Crippen LogP contribution >= 0.6 is 0 Å². The van der Waals surface area contributed by atoms with Gasteiger partial charge in [0.15, 0.2) is 0 Å². The summed E-state index contributed by atoms with van der Waals surface area (Å²) in [5.41, 5.74) is 0.812. The van der Waals surface area contributed by atoms with Crippen LogP contribution < -0.4 is 0 Å². The second-order valence-corrected chi connectivity index (χ2v) is 7.32. The zero-order valence-corrected chi connectivity index (χ0v) is 16.5. The highest BCUT2D eigenvalue weighted by atomic mass is 16.6. The average molecular weight is 405 g/mol. The first kappa shape index (κ1) is 21.1. The van der Waals surface area contributed by atoms with Gasteiger partial charge >= 0.3 is 12.1 Å². The Morgan fingerprint density at radius 3 is 2.38 bits per heavy atom. The van der Waals surface area contributed by atoms with Crippen molar-refractivity contribution in [3.05, 3.63) is 35.9 Å².